The molecule has 172 valence electrons. The third-order valence-electron chi connectivity index (χ3n) is 5.88. The zero-order valence-electron chi connectivity index (χ0n) is 19.2. The summed E-state index contributed by atoms with van der Waals surface area (Å²) in [6.07, 6.45) is 2.63. The fourth-order valence-electron chi connectivity index (χ4n) is 3.78. The maximum absolute atomic E-state index is 12.3. The number of hydrogen-bond donors (Lipinski definition) is 2. The molecule has 1 fully saturated rings. The molecule has 2 aromatic rings. The van der Waals surface area contributed by atoms with Gasteiger partial charge in [-0.05, 0) is 42.8 Å². The number of unbranched alkanes of at least 4 members (excludes halogenated alkanes) is 1. The van der Waals surface area contributed by atoms with Crippen molar-refractivity contribution in [2.24, 2.45) is 0 Å². The van der Waals surface area contributed by atoms with Gasteiger partial charge in [0.25, 0.3) is 5.91 Å². The van der Waals surface area contributed by atoms with Crippen LogP contribution in [0.4, 0.5) is 11.4 Å². The van der Waals surface area contributed by atoms with Crippen molar-refractivity contribution in [3.05, 3.63) is 60.2 Å². The molecule has 7 nitrogen and oxygen atoms in total. The zero-order valence-corrected chi connectivity index (χ0v) is 19.2. The van der Waals surface area contributed by atoms with Gasteiger partial charge >= 0.3 is 0 Å². The summed E-state index contributed by atoms with van der Waals surface area (Å²) in [5.41, 5.74) is 7.90. The number of anilines is 2. The highest BCUT2D eigenvalue weighted by Gasteiger charge is 2.18. The average molecular weight is 438 g/mol. The minimum absolute atomic E-state index is 0.181. The third kappa shape index (κ3) is 6.99. The van der Waals surface area contributed by atoms with Crippen LogP contribution in [0, 0.1) is 0 Å². The summed E-state index contributed by atoms with van der Waals surface area (Å²) >= 11 is 0. The monoisotopic (exact) mass is 437 g/mol. The van der Waals surface area contributed by atoms with Crippen LogP contribution in [0.15, 0.2) is 54.6 Å². The van der Waals surface area contributed by atoms with Crippen LogP contribution in [0.3, 0.4) is 0 Å². The normalized spacial score (nSPS) is 14.1. The molecule has 1 aliphatic rings. The Morgan fingerprint density at radius 3 is 2.28 bits per heavy atom. The fraction of sp³-hybridized carbons (Fsp3) is 0.440. The summed E-state index contributed by atoms with van der Waals surface area (Å²) in [5.74, 6) is -0.489. The van der Waals surface area contributed by atoms with Crippen LogP contribution in [-0.2, 0) is 4.79 Å². The van der Waals surface area contributed by atoms with Crippen molar-refractivity contribution in [3.8, 4) is 0 Å². The summed E-state index contributed by atoms with van der Waals surface area (Å²) in [5, 5.41) is 0. The van der Waals surface area contributed by atoms with Crippen LogP contribution in [0.2, 0.25) is 0 Å². The molecule has 2 amide bonds. The topological polar surface area (TPSA) is 67.9 Å². The zero-order chi connectivity index (χ0) is 22.8. The molecule has 3 rings (SSSR count). The maximum atomic E-state index is 12.3. The van der Waals surface area contributed by atoms with E-state index in [0.29, 0.717) is 18.5 Å². The molecule has 0 saturated carbocycles. The molecule has 1 saturated heterocycles. The first-order valence-electron chi connectivity index (χ1n) is 11.5. The van der Waals surface area contributed by atoms with E-state index in [1.54, 1.807) is 12.1 Å². The quantitative estimate of drug-likeness (QED) is 0.591. The van der Waals surface area contributed by atoms with Crippen molar-refractivity contribution in [2.45, 2.75) is 26.2 Å². The van der Waals surface area contributed by atoms with Crippen LogP contribution in [-0.4, -0.2) is 63.0 Å². The van der Waals surface area contributed by atoms with Crippen molar-refractivity contribution in [2.75, 3.05) is 56.1 Å². The van der Waals surface area contributed by atoms with E-state index in [0.717, 1.165) is 51.3 Å². The summed E-state index contributed by atoms with van der Waals surface area (Å²) in [4.78, 5) is 31.3. The minimum atomic E-state index is -0.308. The number of hydrogen-bond acceptors (Lipinski definition) is 5. The van der Waals surface area contributed by atoms with Gasteiger partial charge in [-0.1, -0.05) is 31.5 Å². The molecule has 2 N–H and O–H groups in total. The Labute approximate surface area is 191 Å². The number of hydrazine groups is 1. The first-order valence-corrected chi connectivity index (χ1v) is 11.5. The first-order chi connectivity index (χ1) is 15.6. The minimum Gasteiger partial charge on any atom is -0.375 e. The van der Waals surface area contributed by atoms with E-state index < -0.39 is 0 Å². The first kappa shape index (κ1) is 23.6. The van der Waals surface area contributed by atoms with Crippen LogP contribution >= 0.6 is 0 Å². The predicted octanol–water partition coefficient (Wildman–Crippen LogP) is 2.90. The molecule has 0 unspecified atom stereocenters. The van der Waals surface area contributed by atoms with E-state index in [9.17, 15) is 9.59 Å². The van der Waals surface area contributed by atoms with Gasteiger partial charge in [0.2, 0.25) is 5.91 Å². The number of nitrogens with zero attached hydrogens (tertiary/aromatic N) is 3. The van der Waals surface area contributed by atoms with Crippen molar-refractivity contribution in [3.63, 3.8) is 0 Å². The van der Waals surface area contributed by atoms with E-state index in [1.807, 2.05) is 25.2 Å². The second-order valence-corrected chi connectivity index (χ2v) is 8.24. The van der Waals surface area contributed by atoms with Gasteiger partial charge in [0.05, 0.1) is 0 Å². The van der Waals surface area contributed by atoms with E-state index in [-0.39, 0.29) is 11.8 Å². The van der Waals surface area contributed by atoms with Crippen LogP contribution < -0.4 is 20.7 Å². The van der Waals surface area contributed by atoms with Crippen molar-refractivity contribution >= 4 is 23.2 Å². The van der Waals surface area contributed by atoms with Crippen molar-refractivity contribution < 1.29 is 9.59 Å². The van der Waals surface area contributed by atoms with Gasteiger partial charge in [0, 0.05) is 69.7 Å². The Hall–Kier alpha value is -3.06. The lowest BCUT2D eigenvalue weighted by Gasteiger charge is -2.36. The summed E-state index contributed by atoms with van der Waals surface area (Å²) in [7, 11) is 2.05. The smallest absolute Gasteiger partial charge is 0.269 e. The van der Waals surface area contributed by atoms with Gasteiger partial charge in [0.15, 0.2) is 0 Å². The Kier molecular flexibility index (Phi) is 8.92. The molecule has 0 spiro atoms. The van der Waals surface area contributed by atoms with E-state index in [2.05, 4.69) is 56.7 Å². The highest BCUT2D eigenvalue weighted by molar-refractivity contribution is 5.95. The SMILES string of the molecule is CCCCN(C)c1ccc(C(=O)NNC(=O)CCN2CCN(c3ccccc3)CC2)cc1. The highest BCUT2D eigenvalue weighted by atomic mass is 16.2. The number of rotatable bonds is 9. The lowest BCUT2D eigenvalue weighted by Crippen LogP contribution is -2.48. The standard InChI is InChI=1S/C25H35N5O2/c1-3-4-15-28(2)22-12-10-21(11-13-22)25(32)27-26-24(31)14-16-29-17-19-30(20-18-29)23-8-6-5-7-9-23/h5-13H,3-4,14-20H2,1-2H3,(H,26,31)(H,27,32). The molecule has 2 aromatic carbocycles. The molecule has 0 aliphatic carbocycles. The maximum Gasteiger partial charge on any atom is 0.269 e. The van der Waals surface area contributed by atoms with Gasteiger partial charge in [-0.2, -0.15) is 0 Å². The number of para-hydroxylation sites is 1. The largest absolute Gasteiger partial charge is 0.375 e. The van der Waals surface area contributed by atoms with Gasteiger partial charge in [-0.15, -0.1) is 0 Å². The van der Waals surface area contributed by atoms with E-state index in [4.69, 9.17) is 0 Å². The van der Waals surface area contributed by atoms with Gasteiger partial charge < -0.3 is 9.80 Å². The van der Waals surface area contributed by atoms with Crippen LogP contribution in [0.25, 0.3) is 0 Å². The van der Waals surface area contributed by atoms with Gasteiger partial charge in [-0.3, -0.25) is 25.3 Å². The molecule has 0 aromatic heterocycles. The van der Waals surface area contributed by atoms with E-state index >= 15 is 0 Å². The molecule has 32 heavy (non-hydrogen) atoms. The van der Waals surface area contributed by atoms with E-state index in [1.165, 1.54) is 5.69 Å². The number of carbonyl (C=O) groups excluding carboxylic acids is 2. The van der Waals surface area contributed by atoms with Crippen molar-refractivity contribution in [1.82, 2.24) is 15.8 Å². The molecule has 0 radical (unpaired) electrons. The number of carbonyl (C=O) groups is 2. The molecule has 0 atom stereocenters. The summed E-state index contributed by atoms with van der Waals surface area (Å²) < 4.78 is 0. The lowest BCUT2D eigenvalue weighted by atomic mass is 10.2. The molecular formula is C25H35N5O2. The molecule has 1 aliphatic heterocycles. The van der Waals surface area contributed by atoms with Crippen LogP contribution in [0.1, 0.15) is 36.5 Å². The van der Waals surface area contributed by atoms with Gasteiger partial charge in [-0.25, -0.2) is 0 Å². The third-order valence-corrected chi connectivity index (χ3v) is 5.88. The molecule has 7 heteroatoms. The van der Waals surface area contributed by atoms with Crippen LogP contribution in [0.5, 0.6) is 0 Å². The Morgan fingerprint density at radius 1 is 0.938 bits per heavy atom. The Bertz CT molecular complexity index is 848. The molecule has 0 bridgehead atoms. The Morgan fingerprint density at radius 2 is 1.62 bits per heavy atom. The number of benzene rings is 2. The molecular weight excluding hydrogens is 402 g/mol. The average Bonchev–Trinajstić information content (AvgIpc) is 2.85. The Balaban J connectivity index is 1.35. The number of amides is 2. The second kappa shape index (κ2) is 12.1. The fourth-order valence-corrected chi connectivity index (χ4v) is 3.78. The lowest BCUT2D eigenvalue weighted by molar-refractivity contribution is -0.122. The highest BCUT2D eigenvalue weighted by Crippen LogP contribution is 2.16. The number of piperazine rings is 1. The number of nitrogens with one attached hydrogen (secondary N) is 2. The summed E-state index contributed by atoms with van der Waals surface area (Å²) in [6.45, 7) is 7.59. The second-order valence-electron chi connectivity index (χ2n) is 8.24. The molecule has 1 heterocycles. The van der Waals surface area contributed by atoms with Gasteiger partial charge in [0.1, 0.15) is 0 Å². The predicted molar refractivity (Wildman–Crippen MR) is 130 cm³/mol. The van der Waals surface area contributed by atoms with Crippen molar-refractivity contribution in [1.29, 1.82) is 0 Å². The summed E-state index contributed by atoms with van der Waals surface area (Å²) in [6, 6.07) is 17.8.